The predicted molar refractivity (Wildman–Crippen MR) is 215 cm³/mol. The minimum Gasteiger partial charge on any atom is -0.477 e. The van der Waals surface area contributed by atoms with E-state index in [1.54, 1.807) is 0 Å². The highest BCUT2D eigenvalue weighted by molar-refractivity contribution is 5.72. The second-order valence-corrected chi connectivity index (χ2v) is 15.3. The number of hydrogen-bond acceptors (Lipinski definition) is 6. The topological polar surface area (TPSA) is 99.1 Å². The zero-order valence-corrected chi connectivity index (χ0v) is 34.3. The monoisotopic (exact) mass is 735 g/mol. The summed E-state index contributed by atoms with van der Waals surface area (Å²) in [5.74, 6) is -1.49. The normalized spacial score (nSPS) is 13.3. The van der Waals surface area contributed by atoms with Crippen LogP contribution < -0.4 is 0 Å². The summed E-state index contributed by atoms with van der Waals surface area (Å²) in [6.45, 7) is 4.68. The van der Waals surface area contributed by atoms with E-state index in [0.717, 1.165) is 64.2 Å². The number of esters is 2. The molecule has 0 radical (unpaired) electrons. The van der Waals surface area contributed by atoms with Gasteiger partial charge < -0.3 is 23.8 Å². The molecule has 8 heteroatoms. The van der Waals surface area contributed by atoms with Crippen molar-refractivity contribution in [3.8, 4) is 0 Å². The fourth-order valence-corrected chi connectivity index (χ4v) is 6.03. The number of carbonyl (C=O) groups is 3. The molecule has 0 saturated carbocycles. The molecule has 0 bridgehead atoms. The number of hydrogen-bond donors (Lipinski definition) is 1. The van der Waals surface area contributed by atoms with Crippen LogP contribution >= 0.6 is 0 Å². The summed E-state index contributed by atoms with van der Waals surface area (Å²) < 4.78 is 17.2. The molecule has 0 aliphatic rings. The summed E-state index contributed by atoms with van der Waals surface area (Å²) in [6, 6.07) is -0.616. The van der Waals surface area contributed by atoms with Crippen molar-refractivity contribution in [3.05, 3.63) is 36.5 Å². The number of rotatable bonds is 37. The average Bonchev–Trinajstić information content (AvgIpc) is 3.09. The number of allylic oxidation sites excluding steroid dienone is 6. The maximum Gasteiger partial charge on any atom is 0.362 e. The molecule has 2 unspecified atom stereocenters. The van der Waals surface area contributed by atoms with Crippen LogP contribution in [0.1, 0.15) is 174 Å². The summed E-state index contributed by atoms with van der Waals surface area (Å²) in [4.78, 5) is 36.8. The summed E-state index contributed by atoms with van der Waals surface area (Å²) in [5, 5.41) is 9.59. The van der Waals surface area contributed by atoms with Gasteiger partial charge >= 0.3 is 17.9 Å². The Hall–Kier alpha value is -2.45. The second-order valence-electron chi connectivity index (χ2n) is 15.3. The Bertz CT molecular complexity index is 953. The Kier molecular flexibility index (Phi) is 33.9. The van der Waals surface area contributed by atoms with Gasteiger partial charge in [0.05, 0.1) is 34.4 Å². The third-order valence-electron chi connectivity index (χ3n) is 9.35. The first-order valence-electron chi connectivity index (χ1n) is 21.1. The van der Waals surface area contributed by atoms with Crippen LogP contribution in [0.3, 0.4) is 0 Å². The van der Waals surface area contributed by atoms with E-state index in [2.05, 4.69) is 50.3 Å². The van der Waals surface area contributed by atoms with Crippen molar-refractivity contribution in [3.63, 3.8) is 0 Å². The van der Waals surface area contributed by atoms with Gasteiger partial charge in [0, 0.05) is 19.3 Å². The third-order valence-corrected chi connectivity index (χ3v) is 9.35. The van der Waals surface area contributed by atoms with Crippen molar-refractivity contribution in [2.24, 2.45) is 0 Å². The second kappa shape index (κ2) is 35.6. The van der Waals surface area contributed by atoms with Crippen LogP contribution in [-0.2, 0) is 28.6 Å². The van der Waals surface area contributed by atoms with E-state index in [1.807, 2.05) is 21.1 Å². The zero-order chi connectivity index (χ0) is 38.5. The highest BCUT2D eigenvalue weighted by atomic mass is 16.6. The molecule has 0 heterocycles. The standard InChI is InChI=1S/C44H79NO7/c1-6-8-10-12-14-16-18-19-20-21-22-23-24-25-27-29-31-33-35-43(47)52-40(38-50-37-36-41(44(48)49)45(3,4)5)39-51-42(46)34-32-30-28-26-17-15-13-11-9-7-2/h18-23,40-41H,6-17,24-39H2,1-5H3/p+1/b19-18+,21-20+,23-22+. The van der Waals surface area contributed by atoms with E-state index in [4.69, 9.17) is 14.2 Å². The molecule has 1 N–H and O–H groups in total. The molecule has 0 aromatic carbocycles. The van der Waals surface area contributed by atoms with Crippen molar-refractivity contribution in [2.75, 3.05) is 41.0 Å². The van der Waals surface area contributed by atoms with Gasteiger partial charge in [-0.15, -0.1) is 0 Å². The Labute approximate surface area is 319 Å². The van der Waals surface area contributed by atoms with Crippen LogP contribution in [0.5, 0.6) is 0 Å². The molecule has 0 amide bonds. The van der Waals surface area contributed by atoms with Crippen molar-refractivity contribution >= 4 is 17.9 Å². The molecule has 0 aliphatic carbocycles. The van der Waals surface area contributed by atoms with Gasteiger partial charge in [-0.1, -0.05) is 153 Å². The molecule has 302 valence electrons. The summed E-state index contributed by atoms with van der Waals surface area (Å²) in [5.41, 5.74) is 0. The smallest absolute Gasteiger partial charge is 0.362 e. The third kappa shape index (κ3) is 33.4. The van der Waals surface area contributed by atoms with Gasteiger partial charge in [-0.3, -0.25) is 9.59 Å². The van der Waals surface area contributed by atoms with E-state index < -0.39 is 18.1 Å². The van der Waals surface area contributed by atoms with Crippen LogP contribution in [0.25, 0.3) is 0 Å². The lowest BCUT2D eigenvalue weighted by Crippen LogP contribution is -2.50. The van der Waals surface area contributed by atoms with Crippen molar-refractivity contribution in [2.45, 2.75) is 187 Å². The first-order chi connectivity index (χ1) is 25.1. The Morgan fingerprint density at radius 1 is 0.577 bits per heavy atom. The largest absolute Gasteiger partial charge is 0.477 e. The molecule has 0 fully saturated rings. The molecule has 0 saturated heterocycles. The number of carboxylic acids is 1. The van der Waals surface area contributed by atoms with Crippen molar-refractivity contribution in [1.29, 1.82) is 0 Å². The summed E-state index contributed by atoms with van der Waals surface area (Å²) in [6.07, 6.45) is 38.9. The van der Waals surface area contributed by atoms with Crippen LogP contribution in [0.2, 0.25) is 0 Å². The fraction of sp³-hybridized carbons (Fsp3) is 0.795. The van der Waals surface area contributed by atoms with Crippen LogP contribution in [0.4, 0.5) is 0 Å². The van der Waals surface area contributed by atoms with E-state index in [9.17, 15) is 19.5 Å². The average molecular weight is 735 g/mol. The van der Waals surface area contributed by atoms with Gasteiger partial charge in [-0.2, -0.15) is 0 Å². The first kappa shape index (κ1) is 49.6. The molecule has 0 aromatic heterocycles. The van der Waals surface area contributed by atoms with Gasteiger partial charge in [-0.05, 0) is 38.5 Å². The Morgan fingerprint density at radius 3 is 1.48 bits per heavy atom. The fourth-order valence-electron chi connectivity index (χ4n) is 6.03. The minimum absolute atomic E-state index is 0.0544. The van der Waals surface area contributed by atoms with Gasteiger partial charge in [0.15, 0.2) is 12.1 Å². The number of nitrogens with zero attached hydrogens (tertiary/aromatic N) is 1. The van der Waals surface area contributed by atoms with Crippen LogP contribution in [0.15, 0.2) is 36.5 Å². The number of unbranched alkanes of at least 4 members (excludes halogenated alkanes) is 19. The van der Waals surface area contributed by atoms with Gasteiger partial charge in [0.2, 0.25) is 0 Å². The van der Waals surface area contributed by atoms with Crippen LogP contribution in [0, 0.1) is 0 Å². The maximum absolute atomic E-state index is 12.7. The molecular formula is C44H80NO7+. The number of carbonyl (C=O) groups excluding carboxylic acids is 2. The first-order valence-corrected chi connectivity index (χ1v) is 21.1. The Morgan fingerprint density at radius 2 is 1.02 bits per heavy atom. The summed E-state index contributed by atoms with van der Waals surface area (Å²) >= 11 is 0. The number of aliphatic carboxylic acids is 1. The number of likely N-dealkylation sites (N-methyl/N-ethyl adjacent to an activating group) is 1. The van der Waals surface area contributed by atoms with Gasteiger partial charge in [0.25, 0.3) is 0 Å². The molecule has 52 heavy (non-hydrogen) atoms. The molecule has 0 rings (SSSR count). The van der Waals surface area contributed by atoms with E-state index in [1.165, 1.54) is 77.0 Å². The highest BCUT2D eigenvalue weighted by Crippen LogP contribution is 2.14. The van der Waals surface area contributed by atoms with Crippen molar-refractivity contribution < 1.29 is 38.2 Å². The minimum atomic E-state index is -0.879. The lowest BCUT2D eigenvalue weighted by molar-refractivity contribution is -0.887. The highest BCUT2D eigenvalue weighted by Gasteiger charge is 2.31. The van der Waals surface area contributed by atoms with Gasteiger partial charge in [-0.25, -0.2) is 4.79 Å². The molecule has 0 spiro atoms. The lowest BCUT2D eigenvalue weighted by Gasteiger charge is -2.31. The van der Waals surface area contributed by atoms with Gasteiger partial charge in [0.1, 0.15) is 6.61 Å². The molecule has 8 nitrogen and oxygen atoms in total. The molecule has 0 aromatic rings. The molecular weight excluding hydrogens is 654 g/mol. The number of carboxylic acid groups (broad SMARTS) is 1. The maximum atomic E-state index is 12.7. The number of quaternary nitrogens is 1. The van der Waals surface area contributed by atoms with Crippen molar-refractivity contribution in [1.82, 2.24) is 0 Å². The Balaban J connectivity index is 4.40. The van der Waals surface area contributed by atoms with E-state index in [0.29, 0.717) is 19.3 Å². The lowest BCUT2D eigenvalue weighted by atomic mass is 10.1. The predicted octanol–water partition coefficient (Wildman–Crippen LogP) is 11.1. The summed E-state index contributed by atoms with van der Waals surface area (Å²) in [7, 11) is 5.51. The molecule has 0 aliphatic heterocycles. The molecule has 2 atom stereocenters. The number of ether oxygens (including phenoxy) is 3. The zero-order valence-electron chi connectivity index (χ0n) is 34.3. The van der Waals surface area contributed by atoms with E-state index in [-0.39, 0.29) is 36.2 Å². The van der Waals surface area contributed by atoms with E-state index >= 15 is 0 Å². The van der Waals surface area contributed by atoms with Crippen LogP contribution in [-0.4, -0.2) is 80.6 Å². The SMILES string of the molecule is CCCCCCC/C=C/C=C/C=C/CCCCCCCC(=O)OC(COCCC(C(=O)O)[N+](C)(C)C)COC(=O)CCCCCCCCCCCC. The quantitative estimate of drug-likeness (QED) is 0.0293.